The Morgan fingerprint density at radius 1 is 1.14 bits per heavy atom. The summed E-state index contributed by atoms with van der Waals surface area (Å²) in [5, 5.41) is 3.40. The van der Waals surface area contributed by atoms with Gasteiger partial charge < -0.3 is 24.3 Å². The van der Waals surface area contributed by atoms with Crippen LogP contribution < -0.4 is 19.5 Å². The predicted octanol–water partition coefficient (Wildman–Crippen LogP) is 2.40. The van der Waals surface area contributed by atoms with Crippen LogP contribution in [0.3, 0.4) is 0 Å². The first-order valence-electron chi connectivity index (χ1n) is 7.37. The molecule has 0 radical (unpaired) electrons. The summed E-state index contributed by atoms with van der Waals surface area (Å²) in [6, 6.07) is 3.76. The summed E-state index contributed by atoms with van der Waals surface area (Å²) >= 11 is 0. The summed E-state index contributed by atoms with van der Waals surface area (Å²) in [5.41, 5.74) is 0.973. The first kappa shape index (κ1) is 15.9. The van der Waals surface area contributed by atoms with E-state index in [2.05, 4.69) is 12.2 Å². The van der Waals surface area contributed by atoms with Crippen molar-refractivity contribution in [2.45, 2.75) is 19.4 Å². The van der Waals surface area contributed by atoms with Crippen LogP contribution in [-0.4, -0.2) is 41.0 Å². The van der Waals surface area contributed by atoms with Crippen LogP contribution >= 0.6 is 0 Å². The molecule has 1 aromatic rings. The molecule has 1 saturated heterocycles. The lowest BCUT2D eigenvalue weighted by Crippen LogP contribution is -2.25. The smallest absolute Gasteiger partial charge is 0.132 e. The molecule has 1 aliphatic rings. The summed E-state index contributed by atoms with van der Waals surface area (Å²) < 4.78 is 22.3. The fourth-order valence-electron chi connectivity index (χ4n) is 2.80. The topological polar surface area (TPSA) is 49.0 Å². The minimum absolute atomic E-state index is 0.0140. The molecule has 5 nitrogen and oxygen atoms in total. The Kier molecular flexibility index (Phi) is 5.70. The summed E-state index contributed by atoms with van der Waals surface area (Å²) in [7, 11) is 4.95. The molecular formula is C16H25NO4. The van der Waals surface area contributed by atoms with Gasteiger partial charge in [0.15, 0.2) is 0 Å². The first-order valence-corrected chi connectivity index (χ1v) is 7.37. The van der Waals surface area contributed by atoms with Crippen molar-refractivity contribution in [3.8, 4) is 17.2 Å². The van der Waals surface area contributed by atoms with E-state index in [0.717, 1.165) is 43.2 Å². The normalized spacial score (nSPS) is 21.3. The van der Waals surface area contributed by atoms with Crippen LogP contribution in [0.15, 0.2) is 12.1 Å². The molecule has 1 aromatic carbocycles. The van der Waals surface area contributed by atoms with E-state index in [-0.39, 0.29) is 6.10 Å². The van der Waals surface area contributed by atoms with Crippen LogP contribution in [0.2, 0.25) is 0 Å². The van der Waals surface area contributed by atoms with Crippen molar-refractivity contribution in [2.75, 3.05) is 41.0 Å². The molecule has 0 amide bonds. The lowest BCUT2D eigenvalue weighted by molar-refractivity contribution is 0.0859. The number of benzene rings is 1. The molecule has 5 heteroatoms. The van der Waals surface area contributed by atoms with Gasteiger partial charge in [0.05, 0.1) is 33.0 Å². The van der Waals surface area contributed by atoms with E-state index >= 15 is 0 Å². The second-order valence-corrected chi connectivity index (χ2v) is 5.09. The molecule has 0 spiro atoms. The van der Waals surface area contributed by atoms with Gasteiger partial charge >= 0.3 is 0 Å². The fourth-order valence-corrected chi connectivity index (χ4v) is 2.80. The first-order chi connectivity index (χ1) is 10.2. The molecule has 0 aromatic heterocycles. The van der Waals surface area contributed by atoms with Gasteiger partial charge in [0, 0.05) is 31.2 Å². The van der Waals surface area contributed by atoms with E-state index in [1.54, 1.807) is 21.3 Å². The molecule has 1 aliphatic heterocycles. The molecule has 21 heavy (non-hydrogen) atoms. The van der Waals surface area contributed by atoms with Gasteiger partial charge in [-0.25, -0.2) is 0 Å². The molecule has 118 valence electrons. The van der Waals surface area contributed by atoms with E-state index in [4.69, 9.17) is 18.9 Å². The summed E-state index contributed by atoms with van der Waals surface area (Å²) in [4.78, 5) is 0. The minimum atomic E-state index is -0.0140. The zero-order chi connectivity index (χ0) is 15.2. The SMILES string of the molecule is CCNCC1CCOC1c1c(OC)cc(OC)cc1OC. The summed E-state index contributed by atoms with van der Waals surface area (Å²) in [6.07, 6.45) is 1.02. The van der Waals surface area contributed by atoms with Crippen molar-refractivity contribution in [1.29, 1.82) is 0 Å². The highest BCUT2D eigenvalue weighted by Crippen LogP contribution is 2.45. The lowest BCUT2D eigenvalue weighted by Gasteiger charge is -2.24. The molecule has 2 rings (SSSR count). The second-order valence-electron chi connectivity index (χ2n) is 5.09. The standard InChI is InChI=1S/C16H25NO4/c1-5-17-10-11-6-7-21-16(11)15-13(19-3)8-12(18-2)9-14(15)20-4/h8-9,11,16-17H,5-7,10H2,1-4H3. The average molecular weight is 295 g/mol. The molecule has 2 unspecified atom stereocenters. The molecule has 1 N–H and O–H groups in total. The maximum Gasteiger partial charge on any atom is 0.132 e. The minimum Gasteiger partial charge on any atom is -0.496 e. The van der Waals surface area contributed by atoms with Gasteiger partial charge in [0.2, 0.25) is 0 Å². The maximum atomic E-state index is 5.97. The molecule has 0 saturated carbocycles. The second kappa shape index (κ2) is 7.52. The van der Waals surface area contributed by atoms with Gasteiger partial charge in [-0.3, -0.25) is 0 Å². The molecule has 0 bridgehead atoms. The Labute approximate surface area is 126 Å². The monoisotopic (exact) mass is 295 g/mol. The van der Waals surface area contributed by atoms with Crippen LogP contribution in [0, 0.1) is 5.92 Å². The summed E-state index contributed by atoms with van der Waals surface area (Å²) in [5.74, 6) is 2.63. The Bertz CT molecular complexity index is 439. The predicted molar refractivity (Wildman–Crippen MR) is 81.4 cm³/mol. The van der Waals surface area contributed by atoms with Crippen LogP contribution in [0.25, 0.3) is 0 Å². The molecule has 0 aliphatic carbocycles. The molecule has 1 heterocycles. The zero-order valence-corrected chi connectivity index (χ0v) is 13.3. The van der Waals surface area contributed by atoms with Crippen LogP contribution in [0.1, 0.15) is 25.0 Å². The van der Waals surface area contributed by atoms with Gasteiger partial charge in [-0.05, 0) is 13.0 Å². The highest BCUT2D eigenvalue weighted by molar-refractivity contribution is 5.52. The van der Waals surface area contributed by atoms with E-state index < -0.39 is 0 Å². The van der Waals surface area contributed by atoms with Crippen LogP contribution in [-0.2, 0) is 4.74 Å². The van der Waals surface area contributed by atoms with Gasteiger partial charge in [-0.1, -0.05) is 6.92 Å². The zero-order valence-electron chi connectivity index (χ0n) is 13.3. The van der Waals surface area contributed by atoms with Crippen molar-refractivity contribution < 1.29 is 18.9 Å². The van der Waals surface area contributed by atoms with Crippen LogP contribution in [0.5, 0.6) is 17.2 Å². The average Bonchev–Trinajstić information content (AvgIpc) is 2.99. The summed E-state index contributed by atoms with van der Waals surface area (Å²) in [6.45, 7) is 4.76. The number of rotatable bonds is 7. The van der Waals surface area contributed by atoms with Crippen molar-refractivity contribution in [3.63, 3.8) is 0 Å². The van der Waals surface area contributed by atoms with E-state index in [1.807, 2.05) is 12.1 Å². The van der Waals surface area contributed by atoms with E-state index in [1.165, 1.54) is 0 Å². The van der Waals surface area contributed by atoms with Gasteiger partial charge in [-0.2, -0.15) is 0 Å². The molecular weight excluding hydrogens is 270 g/mol. The third-order valence-electron chi connectivity index (χ3n) is 3.91. The Hall–Kier alpha value is -1.46. The van der Waals surface area contributed by atoms with Crippen molar-refractivity contribution in [2.24, 2.45) is 5.92 Å². The lowest BCUT2D eigenvalue weighted by atomic mass is 9.93. The maximum absolute atomic E-state index is 5.97. The number of hydrogen-bond donors (Lipinski definition) is 1. The van der Waals surface area contributed by atoms with Gasteiger partial charge in [-0.15, -0.1) is 0 Å². The number of nitrogens with one attached hydrogen (secondary N) is 1. The fraction of sp³-hybridized carbons (Fsp3) is 0.625. The highest BCUT2D eigenvalue weighted by Gasteiger charge is 2.34. The molecule has 2 atom stereocenters. The van der Waals surface area contributed by atoms with Crippen molar-refractivity contribution in [3.05, 3.63) is 17.7 Å². The Morgan fingerprint density at radius 2 is 1.81 bits per heavy atom. The quantitative estimate of drug-likeness (QED) is 0.837. The Balaban J connectivity index is 2.36. The number of methoxy groups -OCH3 is 3. The molecule has 1 fully saturated rings. The number of hydrogen-bond acceptors (Lipinski definition) is 5. The largest absolute Gasteiger partial charge is 0.496 e. The van der Waals surface area contributed by atoms with Crippen LogP contribution in [0.4, 0.5) is 0 Å². The number of ether oxygens (including phenoxy) is 4. The van der Waals surface area contributed by atoms with E-state index in [9.17, 15) is 0 Å². The van der Waals surface area contributed by atoms with Gasteiger partial charge in [0.1, 0.15) is 17.2 Å². The Morgan fingerprint density at radius 3 is 2.33 bits per heavy atom. The van der Waals surface area contributed by atoms with Gasteiger partial charge in [0.25, 0.3) is 0 Å². The van der Waals surface area contributed by atoms with Crippen molar-refractivity contribution >= 4 is 0 Å². The highest BCUT2D eigenvalue weighted by atomic mass is 16.5. The third-order valence-corrected chi connectivity index (χ3v) is 3.91. The van der Waals surface area contributed by atoms with Crippen molar-refractivity contribution in [1.82, 2.24) is 5.32 Å². The third kappa shape index (κ3) is 3.41. The van der Waals surface area contributed by atoms with E-state index in [0.29, 0.717) is 11.7 Å².